The summed E-state index contributed by atoms with van der Waals surface area (Å²) in [5.41, 5.74) is 0.818. The molecule has 0 bridgehead atoms. The molecule has 1 aromatic rings. The minimum atomic E-state index is -0.0133. The van der Waals surface area contributed by atoms with Crippen molar-refractivity contribution in [3.8, 4) is 0 Å². The van der Waals surface area contributed by atoms with Gasteiger partial charge in [-0.15, -0.1) is 0 Å². The molecule has 0 saturated carbocycles. The maximum Gasteiger partial charge on any atom is 0.238 e. The predicted molar refractivity (Wildman–Crippen MR) is 78.6 cm³/mol. The molecule has 0 fully saturated rings. The van der Waals surface area contributed by atoms with Crippen molar-refractivity contribution in [1.29, 1.82) is 0 Å². The Balaban J connectivity index is 2.27. The lowest BCUT2D eigenvalue weighted by atomic mass is 10.3. The first kappa shape index (κ1) is 14.5. The normalized spacial score (nSPS) is 12.2. The number of carbonyl (C=O) groups excluding carboxylic acids is 1. The van der Waals surface area contributed by atoms with Gasteiger partial charge in [-0.25, -0.2) is 0 Å². The quantitative estimate of drug-likeness (QED) is 0.848. The first-order valence-electron chi connectivity index (χ1n) is 5.40. The molecule has 1 unspecified atom stereocenters. The minimum absolute atomic E-state index is 0.0133. The van der Waals surface area contributed by atoms with Crippen LogP contribution in [0.1, 0.15) is 6.92 Å². The van der Waals surface area contributed by atoms with Crippen molar-refractivity contribution in [2.45, 2.75) is 12.2 Å². The molecule has 17 heavy (non-hydrogen) atoms. The summed E-state index contributed by atoms with van der Waals surface area (Å²) in [4.78, 5) is 11.6. The van der Waals surface area contributed by atoms with Crippen LogP contribution < -0.4 is 10.6 Å². The molecule has 0 heterocycles. The van der Waals surface area contributed by atoms with E-state index in [2.05, 4.69) is 39.7 Å². The number of carbonyl (C=O) groups is 1. The summed E-state index contributed by atoms with van der Waals surface area (Å²) in [5, 5.41) is 6.48. The van der Waals surface area contributed by atoms with E-state index in [0.29, 0.717) is 11.8 Å². The van der Waals surface area contributed by atoms with Gasteiger partial charge in [-0.1, -0.05) is 22.9 Å². The molecule has 0 spiro atoms. The smallest absolute Gasteiger partial charge is 0.238 e. The number of rotatable bonds is 6. The second-order valence-corrected chi connectivity index (χ2v) is 5.92. The van der Waals surface area contributed by atoms with Gasteiger partial charge in [-0.2, -0.15) is 11.8 Å². The highest BCUT2D eigenvalue weighted by Gasteiger charge is 2.03. The third-order valence-electron chi connectivity index (χ3n) is 2.25. The van der Waals surface area contributed by atoms with Crippen molar-refractivity contribution in [1.82, 2.24) is 5.32 Å². The number of hydrogen-bond donors (Lipinski definition) is 2. The monoisotopic (exact) mass is 316 g/mol. The Bertz CT molecular complexity index is 356. The predicted octanol–water partition coefficient (Wildman–Crippen LogP) is 2.73. The average Bonchev–Trinajstić information content (AvgIpc) is 2.32. The lowest BCUT2D eigenvalue weighted by Gasteiger charge is -2.10. The van der Waals surface area contributed by atoms with Gasteiger partial charge in [-0.05, 0) is 30.5 Å². The van der Waals surface area contributed by atoms with Crippen LogP contribution in [0.4, 0.5) is 5.69 Å². The number of benzene rings is 1. The van der Waals surface area contributed by atoms with Gasteiger partial charge >= 0.3 is 0 Å². The lowest BCUT2D eigenvalue weighted by Crippen LogP contribution is -2.31. The third-order valence-corrected chi connectivity index (χ3v) is 3.75. The van der Waals surface area contributed by atoms with Crippen molar-refractivity contribution < 1.29 is 4.79 Å². The molecule has 2 N–H and O–H groups in total. The molecule has 94 valence electrons. The molecule has 0 radical (unpaired) electrons. The minimum Gasteiger partial charge on any atom is -0.325 e. The Morgan fingerprint density at radius 1 is 1.41 bits per heavy atom. The molecular formula is C12H17BrN2OS. The van der Waals surface area contributed by atoms with Gasteiger partial charge in [0, 0.05) is 22.0 Å². The zero-order valence-corrected chi connectivity index (χ0v) is 12.4. The van der Waals surface area contributed by atoms with Gasteiger partial charge < -0.3 is 10.6 Å². The fourth-order valence-electron chi connectivity index (χ4n) is 1.21. The van der Waals surface area contributed by atoms with Crippen LogP contribution in [0.15, 0.2) is 28.7 Å². The highest BCUT2D eigenvalue weighted by atomic mass is 79.9. The van der Waals surface area contributed by atoms with E-state index < -0.39 is 0 Å². The van der Waals surface area contributed by atoms with E-state index in [1.165, 1.54) is 0 Å². The standard InChI is InChI=1S/C12H17BrN2OS/c1-9(17-2)7-14-8-12(16)15-11-5-3-10(13)4-6-11/h3-6,9,14H,7-8H2,1-2H3,(H,15,16). The van der Waals surface area contributed by atoms with Crippen LogP contribution in [0.25, 0.3) is 0 Å². The molecule has 3 nitrogen and oxygen atoms in total. The van der Waals surface area contributed by atoms with E-state index in [-0.39, 0.29) is 5.91 Å². The number of anilines is 1. The van der Waals surface area contributed by atoms with Crippen LogP contribution in [-0.4, -0.2) is 30.5 Å². The molecule has 1 aromatic carbocycles. The number of amides is 1. The summed E-state index contributed by atoms with van der Waals surface area (Å²) in [6, 6.07) is 7.54. The first-order chi connectivity index (χ1) is 8.11. The zero-order valence-electron chi connectivity index (χ0n) is 10.00. The summed E-state index contributed by atoms with van der Waals surface area (Å²) in [6.45, 7) is 3.32. The van der Waals surface area contributed by atoms with Gasteiger partial charge in [0.2, 0.25) is 5.91 Å². The van der Waals surface area contributed by atoms with Crippen LogP contribution in [0.2, 0.25) is 0 Å². The van der Waals surface area contributed by atoms with E-state index in [1.807, 2.05) is 24.3 Å². The maximum absolute atomic E-state index is 11.6. The van der Waals surface area contributed by atoms with Crippen LogP contribution >= 0.6 is 27.7 Å². The van der Waals surface area contributed by atoms with Crippen molar-refractivity contribution in [2.75, 3.05) is 24.7 Å². The van der Waals surface area contributed by atoms with E-state index in [0.717, 1.165) is 16.7 Å². The number of halogens is 1. The summed E-state index contributed by atoms with van der Waals surface area (Å²) >= 11 is 5.13. The number of hydrogen-bond acceptors (Lipinski definition) is 3. The summed E-state index contributed by atoms with van der Waals surface area (Å²) in [6.07, 6.45) is 2.06. The highest BCUT2D eigenvalue weighted by molar-refractivity contribution is 9.10. The van der Waals surface area contributed by atoms with Crippen molar-refractivity contribution in [2.24, 2.45) is 0 Å². The van der Waals surface area contributed by atoms with Crippen LogP contribution in [0.3, 0.4) is 0 Å². The molecule has 1 amide bonds. The van der Waals surface area contributed by atoms with Crippen LogP contribution in [-0.2, 0) is 4.79 Å². The van der Waals surface area contributed by atoms with Crippen LogP contribution in [0.5, 0.6) is 0 Å². The molecule has 0 aliphatic carbocycles. The molecular weight excluding hydrogens is 300 g/mol. The third kappa shape index (κ3) is 6.10. The Kier molecular flexibility index (Phi) is 6.62. The van der Waals surface area contributed by atoms with Gasteiger partial charge in [0.05, 0.1) is 6.54 Å². The van der Waals surface area contributed by atoms with E-state index in [1.54, 1.807) is 11.8 Å². The molecule has 0 aromatic heterocycles. The summed E-state index contributed by atoms with van der Waals surface area (Å²) in [5.74, 6) is -0.0133. The Hall–Kier alpha value is -0.520. The fourth-order valence-corrected chi connectivity index (χ4v) is 1.76. The highest BCUT2D eigenvalue weighted by Crippen LogP contribution is 2.13. The summed E-state index contributed by atoms with van der Waals surface area (Å²) < 4.78 is 1.00. The lowest BCUT2D eigenvalue weighted by molar-refractivity contribution is -0.115. The van der Waals surface area contributed by atoms with Crippen molar-refractivity contribution >= 4 is 39.3 Å². The largest absolute Gasteiger partial charge is 0.325 e. The first-order valence-corrected chi connectivity index (χ1v) is 7.49. The zero-order chi connectivity index (χ0) is 12.7. The van der Waals surface area contributed by atoms with E-state index >= 15 is 0 Å². The number of nitrogens with one attached hydrogen (secondary N) is 2. The Morgan fingerprint density at radius 2 is 2.06 bits per heavy atom. The van der Waals surface area contributed by atoms with Crippen molar-refractivity contribution in [3.63, 3.8) is 0 Å². The number of thioether (sulfide) groups is 1. The summed E-state index contributed by atoms with van der Waals surface area (Å²) in [7, 11) is 0. The van der Waals surface area contributed by atoms with Crippen molar-refractivity contribution in [3.05, 3.63) is 28.7 Å². The maximum atomic E-state index is 11.6. The molecule has 0 aliphatic heterocycles. The second kappa shape index (κ2) is 7.74. The fraction of sp³-hybridized carbons (Fsp3) is 0.417. The van der Waals surface area contributed by atoms with E-state index in [4.69, 9.17) is 0 Å². The molecule has 5 heteroatoms. The second-order valence-electron chi connectivity index (χ2n) is 3.73. The van der Waals surface area contributed by atoms with Crippen LogP contribution in [0, 0.1) is 0 Å². The molecule has 0 aliphatic rings. The molecule has 1 atom stereocenters. The topological polar surface area (TPSA) is 41.1 Å². The van der Waals surface area contributed by atoms with Gasteiger partial charge in [-0.3, -0.25) is 4.79 Å². The molecule has 0 saturated heterocycles. The Labute approximate surface area is 115 Å². The van der Waals surface area contributed by atoms with Gasteiger partial charge in [0.15, 0.2) is 0 Å². The van der Waals surface area contributed by atoms with E-state index in [9.17, 15) is 4.79 Å². The average molecular weight is 317 g/mol. The van der Waals surface area contributed by atoms with Gasteiger partial charge in [0.25, 0.3) is 0 Å². The molecule has 1 rings (SSSR count). The Morgan fingerprint density at radius 3 is 2.65 bits per heavy atom. The van der Waals surface area contributed by atoms with Gasteiger partial charge in [0.1, 0.15) is 0 Å². The SMILES string of the molecule is CSC(C)CNCC(=O)Nc1ccc(Br)cc1.